The van der Waals surface area contributed by atoms with Crippen molar-refractivity contribution >= 4 is 42.8 Å². The quantitative estimate of drug-likeness (QED) is 0.819. The van der Waals surface area contributed by atoms with Gasteiger partial charge in [0.2, 0.25) is 0 Å². The van der Waals surface area contributed by atoms with Crippen molar-refractivity contribution in [1.82, 2.24) is 9.88 Å². The number of hydrogen-bond acceptors (Lipinski definition) is 2. The number of rotatable bonds is 4. The zero-order chi connectivity index (χ0) is 14.1. The highest BCUT2D eigenvalue weighted by atomic mass is 79.9. The number of nitrogens with zero attached hydrogens (tertiary/aromatic N) is 1. The monoisotopic (exact) mass is 400 g/mol. The largest absolute Gasteiger partial charge is 0.395 e. The molecule has 1 aliphatic heterocycles. The van der Waals surface area contributed by atoms with E-state index >= 15 is 0 Å². The molecule has 3 nitrogen and oxygen atoms in total. The van der Waals surface area contributed by atoms with Gasteiger partial charge in [-0.15, -0.1) is 0 Å². The number of likely N-dealkylation sites (tertiary alicyclic amines) is 1. The zero-order valence-electron chi connectivity index (χ0n) is 11.2. The Balaban J connectivity index is 1.81. The molecule has 1 aromatic heterocycles. The van der Waals surface area contributed by atoms with Crippen LogP contribution in [0.3, 0.4) is 0 Å². The van der Waals surface area contributed by atoms with Crippen LogP contribution in [0.5, 0.6) is 0 Å². The molecule has 3 rings (SSSR count). The molecule has 0 bridgehead atoms. The van der Waals surface area contributed by atoms with Crippen LogP contribution in [0.2, 0.25) is 0 Å². The van der Waals surface area contributed by atoms with Crippen LogP contribution in [-0.2, 0) is 6.42 Å². The van der Waals surface area contributed by atoms with Gasteiger partial charge in [-0.25, -0.2) is 0 Å². The molecule has 20 heavy (non-hydrogen) atoms. The highest BCUT2D eigenvalue weighted by Crippen LogP contribution is 2.32. The van der Waals surface area contributed by atoms with Gasteiger partial charge in [-0.05, 0) is 69.3 Å². The summed E-state index contributed by atoms with van der Waals surface area (Å²) in [4.78, 5) is 5.80. The van der Waals surface area contributed by atoms with Crippen molar-refractivity contribution < 1.29 is 5.11 Å². The lowest BCUT2D eigenvalue weighted by molar-refractivity contribution is 0.160. The minimum absolute atomic E-state index is 0.278. The molecule has 2 heterocycles. The average Bonchev–Trinajstić information content (AvgIpc) is 3.01. The van der Waals surface area contributed by atoms with Gasteiger partial charge in [-0.3, -0.25) is 4.90 Å². The second-order valence-electron chi connectivity index (χ2n) is 5.34. The van der Waals surface area contributed by atoms with Crippen molar-refractivity contribution in [3.63, 3.8) is 0 Å². The van der Waals surface area contributed by atoms with Crippen LogP contribution < -0.4 is 0 Å². The maximum Gasteiger partial charge on any atom is 0.0864 e. The highest BCUT2D eigenvalue weighted by molar-refractivity contribution is 9.11. The lowest BCUT2D eigenvalue weighted by atomic mass is 10.1. The maximum absolute atomic E-state index is 9.39. The summed E-state index contributed by atoms with van der Waals surface area (Å²) in [5, 5.41) is 10.7. The van der Waals surface area contributed by atoms with Crippen molar-refractivity contribution in [1.29, 1.82) is 0 Å². The van der Waals surface area contributed by atoms with Crippen LogP contribution >= 0.6 is 31.9 Å². The summed E-state index contributed by atoms with van der Waals surface area (Å²) in [5.74, 6) is 0. The molecule has 5 heteroatoms. The van der Waals surface area contributed by atoms with Crippen molar-refractivity contribution in [2.24, 2.45) is 0 Å². The number of aliphatic hydroxyl groups is 1. The van der Waals surface area contributed by atoms with Crippen LogP contribution in [0.1, 0.15) is 18.4 Å². The Bertz CT molecular complexity index is 611. The van der Waals surface area contributed by atoms with E-state index in [0.29, 0.717) is 6.04 Å². The van der Waals surface area contributed by atoms with E-state index in [2.05, 4.69) is 59.9 Å². The van der Waals surface area contributed by atoms with Crippen LogP contribution in [0, 0.1) is 0 Å². The van der Waals surface area contributed by atoms with Crippen LogP contribution in [0.25, 0.3) is 10.9 Å². The number of fused-ring (bicyclic) bond motifs is 1. The minimum atomic E-state index is 0.278. The van der Waals surface area contributed by atoms with Crippen LogP contribution in [0.15, 0.2) is 27.3 Å². The number of H-pyrrole nitrogens is 1. The second-order valence-corrected chi connectivity index (χ2v) is 6.99. The Hall–Kier alpha value is -0.360. The van der Waals surface area contributed by atoms with E-state index in [1.807, 2.05) is 0 Å². The summed E-state index contributed by atoms with van der Waals surface area (Å²) in [6, 6.07) is 6.63. The van der Waals surface area contributed by atoms with Gasteiger partial charge in [0.25, 0.3) is 0 Å². The summed E-state index contributed by atoms with van der Waals surface area (Å²) in [5.41, 5.74) is 2.47. The third-order valence-electron chi connectivity index (χ3n) is 4.20. The van der Waals surface area contributed by atoms with Gasteiger partial charge in [0.1, 0.15) is 0 Å². The third-order valence-corrected chi connectivity index (χ3v) is 5.53. The SMILES string of the molecule is OCC1CCCN1CCc1c(Br)[nH]c2c(Br)cccc12. The Kier molecular flexibility index (Phi) is 4.50. The summed E-state index contributed by atoms with van der Waals surface area (Å²) in [6.07, 6.45) is 3.32. The molecule has 0 amide bonds. The number of nitrogens with one attached hydrogen (secondary N) is 1. The van der Waals surface area contributed by atoms with Gasteiger partial charge < -0.3 is 10.1 Å². The van der Waals surface area contributed by atoms with Crippen LogP contribution in [-0.4, -0.2) is 40.7 Å². The predicted molar refractivity (Wildman–Crippen MR) is 89.1 cm³/mol. The van der Waals surface area contributed by atoms with E-state index in [0.717, 1.165) is 40.5 Å². The smallest absolute Gasteiger partial charge is 0.0864 e. The fourth-order valence-electron chi connectivity index (χ4n) is 3.10. The molecular formula is C15H18Br2N2O. The van der Waals surface area contributed by atoms with Crippen molar-refractivity contribution in [3.8, 4) is 0 Å². The molecule has 0 spiro atoms. The molecule has 1 fully saturated rings. The molecule has 0 radical (unpaired) electrons. The van der Waals surface area contributed by atoms with Crippen LogP contribution in [0.4, 0.5) is 0 Å². The maximum atomic E-state index is 9.39. The van der Waals surface area contributed by atoms with E-state index < -0.39 is 0 Å². The van der Waals surface area contributed by atoms with Gasteiger partial charge in [0.05, 0.1) is 16.7 Å². The van der Waals surface area contributed by atoms with Gasteiger partial charge in [-0.2, -0.15) is 0 Å². The fraction of sp³-hybridized carbons (Fsp3) is 0.467. The Labute approximate surface area is 135 Å². The molecule has 0 saturated carbocycles. The van der Waals surface area contributed by atoms with Gasteiger partial charge in [-0.1, -0.05) is 12.1 Å². The van der Waals surface area contributed by atoms with Crippen molar-refractivity contribution in [2.75, 3.05) is 19.7 Å². The van der Waals surface area contributed by atoms with Gasteiger partial charge >= 0.3 is 0 Å². The van der Waals surface area contributed by atoms with Gasteiger partial charge in [0.15, 0.2) is 0 Å². The number of hydrogen-bond donors (Lipinski definition) is 2. The number of aromatic nitrogens is 1. The Morgan fingerprint density at radius 1 is 1.35 bits per heavy atom. The number of halogens is 2. The number of para-hydroxylation sites is 1. The molecule has 2 aromatic rings. The van der Waals surface area contributed by atoms with E-state index in [-0.39, 0.29) is 6.61 Å². The fourth-order valence-corrected chi connectivity index (χ4v) is 4.18. The van der Waals surface area contributed by atoms with E-state index in [4.69, 9.17) is 0 Å². The molecule has 1 aliphatic rings. The molecule has 1 unspecified atom stereocenters. The number of aliphatic hydroxyl groups excluding tert-OH is 1. The number of aromatic amines is 1. The molecule has 2 N–H and O–H groups in total. The molecule has 1 atom stereocenters. The molecule has 0 aliphatic carbocycles. The first-order valence-corrected chi connectivity index (χ1v) is 8.58. The summed E-state index contributed by atoms with van der Waals surface area (Å²) in [6.45, 7) is 2.39. The van der Waals surface area contributed by atoms with E-state index in [9.17, 15) is 5.11 Å². The first-order valence-electron chi connectivity index (χ1n) is 7.00. The normalized spacial score (nSPS) is 20.1. The van der Waals surface area contributed by atoms with Crippen molar-refractivity contribution in [3.05, 3.63) is 32.8 Å². The first-order chi connectivity index (χ1) is 9.70. The standard InChI is InChI=1S/C15H18Br2N2O/c16-13-5-1-4-11-12(15(17)18-14(11)13)6-8-19-7-2-3-10(19)9-20/h1,4-5,10,18,20H,2-3,6-9H2. The summed E-state index contributed by atoms with van der Waals surface area (Å²) >= 11 is 7.23. The lowest BCUT2D eigenvalue weighted by Crippen LogP contribution is -2.33. The van der Waals surface area contributed by atoms with E-state index in [1.54, 1.807) is 0 Å². The minimum Gasteiger partial charge on any atom is -0.395 e. The lowest BCUT2D eigenvalue weighted by Gasteiger charge is -2.22. The van der Waals surface area contributed by atoms with E-state index in [1.165, 1.54) is 17.4 Å². The third kappa shape index (κ3) is 2.69. The average molecular weight is 402 g/mol. The predicted octanol–water partition coefficient (Wildman–Crippen LogP) is 3.69. The Morgan fingerprint density at radius 2 is 2.20 bits per heavy atom. The summed E-state index contributed by atoms with van der Waals surface area (Å²) < 4.78 is 2.16. The highest BCUT2D eigenvalue weighted by Gasteiger charge is 2.23. The first kappa shape index (κ1) is 14.6. The molecular weight excluding hydrogens is 384 g/mol. The molecule has 1 saturated heterocycles. The topological polar surface area (TPSA) is 39.3 Å². The second kappa shape index (κ2) is 6.18. The van der Waals surface area contributed by atoms with Crippen molar-refractivity contribution in [2.45, 2.75) is 25.3 Å². The summed E-state index contributed by atoms with van der Waals surface area (Å²) in [7, 11) is 0. The van der Waals surface area contributed by atoms with Gasteiger partial charge in [0, 0.05) is 22.4 Å². The number of benzene rings is 1. The molecule has 1 aromatic carbocycles. The Morgan fingerprint density at radius 3 is 3.00 bits per heavy atom. The zero-order valence-corrected chi connectivity index (χ0v) is 14.4. The molecule has 108 valence electrons.